The van der Waals surface area contributed by atoms with Crippen molar-refractivity contribution in [3.63, 3.8) is 0 Å². The lowest BCUT2D eigenvalue weighted by atomic mass is 10.1. The van der Waals surface area contributed by atoms with E-state index in [1.807, 2.05) is 19.1 Å². The summed E-state index contributed by atoms with van der Waals surface area (Å²) in [6.45, 7) is 3.66. The maximum atomic E-state index is 12.2. The van der Waals surface area contributed by atoms with Gasteiger partial charge < -0.3 is 9.15 Å². The molecule has 0 spiro atoms. The molecule has 0 N–H and O–H groups in total. The first-order valence-corrected chi connectivity index (χ1v) is 7.34. The fraction of sp³-hybridized carbons (Fsp3) is 0.111. The molecule has 3 rings (SSSR count). The van der Waals surface area contributed by atoms with Crippen LogP contribution in [0.4, 0.5) is 0 Å². The number of halogens is 1. The third-order valence-electron chi connectivity index (χ3n) is 3.59. The van der Waals surface area contributed by atoms with Crippen LogP contribution >= 0.6 is 11.6 Å². The summed E-state index contributed by atoms with van der Waals surface area (Å²) in [5.74, 6) is -0.127. The molecular formula is C18H13ClO4. The Kier molecular flexibility index (Phi) is 3.92. The Balaban J connectivity index is 1.99. The van der Waals surface area contributed by atoms with Crippen molar-refractivity contribution in [2.75, 3.05) is 0 Å². The summed E-state index contributed by atoms with van der Waals surface area (Å²) in [5.41, 5.74) is 2.12. The highest BCUT2D eigenvalue weighted by Gasteiger charge is 2.15. The maximum absolute atomic E-state index is 12.2. The zero-order valence-corrected chi connectivity index (χ0v) is 13.3. The number of ether oxygens (including phenoxy) is 1. The summed E-state index contributed by atoms with van der Waals surface area (Å²) in [6.07, 6.45) is 1.19. The fourth-order valence-electron chi connectivity index (χ4n) is 2.26. The van der Waals surface area contributed by atoms with Crippen LogP contribution in [0.3, 0.4) is 0 Å². The van der Waals surface area contributed by atoms with Crippen LogP contribution in [-0.2, 0) is 0 Å². The molecule has 4 nitrogen and oxygen atoms in total. The normalized spacial score (nSPS) is 10.7. The van der Waals surface area contributed by atoms with Gasteiger partial charge in [-0.3, -0.25) is 4.79 Å². The van der Waals surface area contributed by atoms with Gasteiger partial charge in [-0.05, 0) is 38.1 Å². The van der Waals surface area contributed by atoms with Gasteiger partial charge in [0, 0.05) is 5.56 Å². The van der Waals surface area contributed by atoms with Crippen molar-refractivity contribution in [1.29, 1.82) is 0 Å². The number of hydrogen-bond acceptors (Lipinski definition) is 4. The molecular weight excluding hydrogens is 316 g/mol. The third kappa shape index (κ3) is 2.85. The molecule has 0 aliphatic carbocycles. The quantitative estimate of drug-likeness (QED) is 0.520. The number of benzene rings is 2. The minimum absolute atomic E-state index is 0.0151. The molecule has 5 heteroatoms. The Labute approximate surface area is 137 Å². The zero-order chi connectivity index (χ0) is 16.6. The van der Waals surface area contributed by atoms with Crippen LogP contribution in [0.1, 0.15) is 21.5 Å². The number of aryl methyl sites for hydroxylation is 2. The Morgan fingerprint density at radius 1 is 1.09 bits per heavy atom. The smallest absolute Gasteiger partial charge is 0.343 e. The van der Waals surface area contributed by atoms with Crippen molar-refractivity contribution in [3.05, 3.63) is 74.6 Å². The predicted molar refractivity (Wildman–Crippen MR) is 88.4 cm³/mol. The van der Waals surface area contributed by atoms with E-state index in [0.717, 1.165) is 5.56 Å². The second kappa shape index (κ2) is 5.89. The van der Waals surface area contributed by atoms with E-state index in [1.165, 1.54) is 12.3 Å². The molecule has 23 heavy (non-hydrogen) atoms. The van der Waals surface area contributed by atoms with E-state index in [9.17, 15) is 9.59 Å². The van der Waals surface area contributed by atoms with E-state index in [-0.39, 0.29) is 10.5 Å². The SMILES string of the molecule is Cc1ccc(C(=O)Oc2ccc3c(=O)c(Cl)coc3c2C)cc1. The molecule has 0 unspecified atom stereocenters. The standard InChI is InChI=1S/C18H13ClO4/c1-10-3-5-12(6-4-10)18(21)23-15-8-7-13-16(20)14(19)9-22-17(13)11(15)2/h3-9H,1-2H3. The first-order valence-electron chi connectivity index (χ1n) is 6.97. The molecule has 0 aliphatic heterocycles. The first-order chi connectivity index (χ1) is 11.0. The number of carbonyl (C=O) groups is 1. The minimum Gasteiger partial charge on any atom is -0.462 e. The highest BCUT2D eigenvalue weighted by atomic mass is 35.5. The van der Waals surface area contributed by atoms with E-state index >= 15 is 0 Å². The summed E-state index contributed by atoms with van der Waals surface area (Å²) in [4.78, 5) is 24.2. The molecule has 0 aliphatic rings. The lowest BCUT2D eigenvalue weighted by molar-refractivity contribution is 0.0733. The Morgan fingerprint density at radius 2 is 1.78 bits per heavy atom. The van der Waals surface area contributed by atoms with Crippen molar-refractivity contribution in [2.24, 2.45) is 0 Å². The van der Waals surface area contributed by atoms with Crippen molar-refractivity contribution in [1.82, 2.24) is 0 Å². The molecule has 2 aromatic carbocycles. The summed E-state index contributed by atoms with van der Waals surface area (Å²) in [7, 11) is 0. The average Bonchev–Trinajstić information content (AvgIpc) is 2.54. The lowest BCUT2D eigenvalue weighted by Gasteiger charge is -2.09. The Bertz CT molecular complexity index is 955. The molecule has 1 heterocycles. The van der Waals surface area contributed by atoms with Crippen LogP contribution < -0.4 is 10.2 Å². The van der Waals surface area contributed by atoms with E-state index in [2.05, 4.69) is 0 Å². The molecule has 0 saturated carbocycles. The van der Waals surface area contributed by atoms with Gasteiger partial charge in [0.05, 0.1) is 10.9 Å². The molecule has 116 valence electrons. The van der Waals surface area contributed by atoms with Crippen LogP contribution in [-0.4, -0.2) is 5.97 Å². The second-order valence-electron chi connectivity index (χ2n) is 5.23. The van der Waals surface area contributed by atoms with Crippen LogP contribution in [0.2, 0.25) is 5.02 Å². The van der Waals surface area contributed by atoms with Gasteiger partial charge in [-0.1, -0.05) is 29.3 Å². The Hall–Kier alpha value is -2.59. The van der Waals surface area contributed by atoms with Gasteiger partial charge in [0.15, 0.2) is 0 Å². The number of hydrogen-bond donors (Lipinski definition) is 0. The fourth-order valence-corrected chi connectivity index (χ4v) is 2.40. The monoisotopic (exact) mass is 328 g/mol. The molecule has 0 saturated heterocycles. The summed E-state index contributed by atoms with van der Waals surface area (Å²) in [5, 5.41) is 0.367. The van der Waals surface area contributed by atoms with Crippen molar-refractivity contribution >= 4 is 28.5 Å². The second-order valence-corrected chi connectivity index (χ2v) is 5.64. The summed E-state index contributed by atoms with van der Waals surface area (Å²) in [6, 6.07) is 10.2. The molecule has 0 amide bonds. The first kappa shape index (κ1) is 15.3. The average molecular weight is 329 g/mol. The van der Waals surface area contributed by atoms with Crippen LogP contribution in [0.5, 0.6) is 5.75 Å². The maximum Gasteiger partial charge on any atom is 0.343 e. The zero-order valence-electron chi connectivity index (χ0n) is 12.6. The van der Waals surface area contributed by atoms with Gasteiger partial charge in [0.1, 0.15) is 22.6 Å². The van der Waals surface area contributed by atoms with Gasteiger partial charge in [0.2, 0.25) is 5.43 Å². The van der Waals surface area contributed by atoms with Gasteiger partial charge in [0.25, 0.3) is 0 Å². The minimum atomic E-state index is -0.469. The molecule has 0 atom stereocenters. The highest BCUT2D eigenvalue weighted by molar-refractivity contribution is 6.30. The largest absolute Gasteiger partial charge is 0.462 e. The number of carbonyl (C=O) groups excluding carboxylic acids is 1. The van der Waals surface area contributed by atoms with Crippen LogP contribution in [0.15, 0.2) is 51.9 Å². The number of rotatable bonds is 2. The molecule has 3 aromatic rings. The highest BCUT2D eigenvalue weighted by Crippen LogP contribution is 2.27. The van der Waals surface area contributed by atoms with E-state index < -0.39 is 5.97 Å². The van der Waals surface area contributed by atoms with Crippen LogP contribution in [0.25, 0.3) is 11.0 Å². The van der Waals surface area contributed by atoms with Crippen molar-refractivity contribution < 1.29 is 13.9 Å². The Morgan fingerprint density at radius 3 is 2.48 bits per heavy atom. The molecule has 1 aromatic heterocycles. The van der Waals surface area contributed by atoms with Crippen molar-refractivity contribution in [2.45, 2.75) is 13.8 Å². The summed E-state index contributed by atoms with van der Waals surface area (Å²) >= 11 is 5.77. The topological polar surface area (TPSA) is 56.5 Å². The summed E-state index contributed by atoms with van der Waals surface area (Å²) < 4.78 is 10.8. The van der Waals surface area contributed by atoms with Gasteiger partial charge >= 0.3 is 5.97 Å². The van der Waals surface area contributed by atoms with E-state index in [1.54, 1.807) is 25.1 Å². The van der Waals surface area contributed by atoms with Gasteiger partial charge in [-0.15, -0.1) is 0 Å². The van der Waals surface area contributed by atoms with Gasteiger partial charge in [-0.2, -0.15) is 0 Å². The van der Waals surface area contributed by atoms with E-state index in [4.69, 9.17) is 20.8 Å². The third-order valence-corrected chi connectivity index (χ3v) is 3.85. The van der Waals surface area contributed by atoms with Crippen LogP contribution in [0, 0.1) is 13.8 Å². The number of fused-ring (bicyclic) bond motifs is 1. The van der Waals surface area contributed by atoms with Gasteiger partial charge in [-0.25, -0.2) is 4.79 Å². The molecule has 0 radical (unpaired) electrons. The predicted octanol–water partition coefficient (Wildman–Crippen LogP) is 4.28. The molecule has 0 fully saturated rings. The van der Waals surface area contributed by atoms with Crippen molar-refractivity contribution in [3.8, 4) is 5.75 Å². The molecule has 0 bridgehead atoms. The lowest BCUT2D eigenvalue weighted by Crippen LogP contribution is -2.10. The van der Waals surface area contributed by atoms with E-state index in [0.29, 0.717) is 27.8 Å². The number of esters is 1.